The number of piperazine rings is 1. The van der Waals surface area contributed by atoms with Crippen LogP contribution in [0.2, 0.25) is 0 Å². The smallest absolute Gasteiger partial charge is 0.0544 e. The summed E-state index contributed by atoms with van der Waals surface area (Å²) < 4.78 is 0. The third-order valence-corrected chi connectivity index (χ3v) is 4.91. The maximum absolute atomic E-state index is 4.64. The van der Waals surface area contributed by atoms with Crippen molar-refractivity contribution < 1.29 is 0 Å². The highest BCUT2D eigenvalue weighted by molar-refractivity contribution is 5.14. The van der Waals surface area contributed by atoms with Crippen LogP contribution in [-0.4, -0.2) is 53.0 Å². The lowest BCUT2D eigenvalue weighted by molar-refractivity contribution is 0.120. The second kappa shape index (κ2) is 6.03. The van der Waals surface area contributed by atoms with E-state index in [-0.39, 0.29) is 0 Å². The minimum atomic E-state index is 0.771. The quantitative estimate of drug-likeness (QED) is 0.861. The zero-order valence-corrected chi connectivity index (χ0v) is 12.8. The maximum atomic E-state index is 4.64. The standard InChI is InChI=1S/C17H26N4/c1-2-16(19-12-14(1)11-18-15-3-4-15)13-20-7-9-21(10-8-20)17-5-6-17/h1-2,12,15,17-18H,3-11,13H2. The van der Waals surface area contributed by atoms with Gasteiger partial charge in [-0.2, -0.15) is 0 Å². The van der Waals surface area contributed by atoms with Gasteiger partial charge in [0.1, 0.15) is 0 Å². The second-order valence-corrected chi connectivity index (χ2v) is 6.86. The minimum Gasteiger partial charge on any atom is -0.310 e. The molecule has 2 aliphatic carbocycles. The van der Waals surface area contributed by atoms with Gasteiger partial charge in [-0.3, -0.25) is 14.8 Å². The summed E-state index contributed by atoms with van der Waals surface area (Å²) in [4.78, 5) is 9.85. The number of nitrogens with one attached hydrogen (secondary N) is 1. The molecule has 2 heterocycles. The monoisotopic (exact) mass is 286 g/mol. The van der Waals surface area contributed by atoms with Crippen LogP contribution in [0.1, 0.15) is 36.9 Å². The molecule has 4 nitrogen and oxygen atoms in total. The number of pyridine rings is 1. The van der Waals surface area contributed by atoms with Crippen LogP contribution in [0, 0.1) is 0 Å². The van der Waals surface area contributed by atoms with Crippen LogP contribution in [0.25, 0.3) is 0 Å². The van der Waals surface area contributed by atoms with E-state index < -0.39 is 0 Å². The molecule has 1 aliphatic heterocycles. The van der Waals surface area contributed by atoms with Gasteiger partial charge in [0.2, 0.25) is 0 Å². The number of rotatable bonds is 6. The summed E-state index contributed by atoms with van der Waals surface area (Å²) in [5.74, 6) is 0. The summed E-state index contributed by atoms with van der Waals surface area (Å²) in [6.07, 6.45) is 7.59. The molecule has 2 saturated carbocycles. The van der Waals surface area contributed by atoms with E-state index in [1.54, 1.807) is 0 Å². The van der Waals surface area contributed by atoms with E-state index in [2.05, 4.69) is 32.2 Å². The molecule has 21 heavy (non-hydrogen) atoms. The van der Waals surface area contributed by atoms with Gasteiger partial charge in [0.15, 0.2) is 0 Å². The van der Waals surface area contributed by atoms with E-state index in [1.807, 2.05) is 6.20 Å². The Morgan fingerprint density at radius 1 is 1.05 bits per heavy atom. The first-order valence-corrected chi connectivity index (χ1v) is 8.50. The van der Waals surface area contributed by atoms with Gasteiger partial charge in [0.25, 0.3) is 0 Å². The van der Waals surface area contributed by atoms with Crippen LogP contribution < -0.4 is 5.32 Å². The van der Waals surface area contributed by atoms with Crippen molar-refractivity contribution in [1.29, 1.82) is 0 Å². The molecule has 114 valence electrons. The number of hydrogen-bond acceptors (Lipinski definition) is 4. The predicted octanol–water partition coefficient (Wildman–Crippen LogP) is 1.61. The molecule has 0 radical (unpaired) electrons. The lowest BCUT2D eigenvalue weighted by Crippen LogP contribution is -2.46. The molecule has 0 amide bonds. The average molecular weight is 286 g/mol. The van der Waals surface area contributed by atoms with Gasteiger partial charge >= 0.3 is 0 Å². The largest absolute Gasteiger partial charge is 0.310 e. The third kappa shape index (κ3) is 3.82. The van der Waals surface area contributed by atoms with Gasteiger partial charge in [0, 0.05) is 57.5 Å². The SMILES string of the molecule is c1cc(CN2CCN(C3CC3)CC2)ncc1CNC1CC1. The van der Waals surface area contributed by atoms with Crippen LogP contribution in [0.4, 0.5) is 0 Å². The maximum Gasteiger partial charge on any atom is 0.0544 e. The van der Waals surface area contributed by atoms with Crippen molar-refractivity contribution in [2.45, 2.75) is 50.9 Å². The van der Waals surface area contributed by atoms with Crippen molar-refractivity contribution in [3.8, 4) is 0 Å². The Morgan fingerprint density at radius 2 is 1.86 bits per heavy atom. The summed E-state index contributed by atoms with van der Waals surface area (Å²) in [7, 11) is 0. The Balaban J connectivity index is 1.24. The van der Waals surface area contributed by atoms with E-state index in [9.17, 15) is 0 Å². The molecule has 3 fully saturated rings. The van der Waals surface area contributed by atoms with E-state index in [0.29, 0.717) is 0 Å². The Hall–Kier alpha value is -0.970. The molecule has 0 aromatic carbocycles. The number of hydrogen-bond donors (Lipinski definition) is 1. The third-order valence-electron chi connectivity index (χ3n) is 4.91. The van der Waals surface area contributed by atoms with Crippen molar-refractivity contribution in [3.63, 3.8) is 0 Å². The molecule has 3 aliphatic rings. The predicted molar refractivity (Wildman–Crippen MR) is 84.0 cm³/mol. The lowest BCUT2D eigenvalue weighted by atomic mass is 10.2. The summed E-state index contributed by atoms with van der Waals surface area (Å²) in [5, 5.41) is 3.54. The first kappa shape index (κ1) is 13.7. The van der Waals surface area contributed by atoms with Crippen LogP contribution in [-0.2, 0) is 13.1 Å². The highest BCUT2D eigenvalue weighted by Gasteiger charge is 2.31. The van der Waals surface area contributed by atoms with Crippen molar-refractivity contribution in [2.24, 2.45) is 0 Å². The lowest BCUT2D eigenvalue weighted by Gasteiger charge is -2.34. The Bertz CT molecular complexity index is 456. The zero-order chi connectivity index (χ0) is 14.1. The van der Waals surface area contributed by atoms with Gasteiger partial charge in [-0.05, 0) is 37.3 Å². The van der Waals surface area contributed by atoms with Crippen molar-refractivity contribution >= 4 is 0 Å². The van der Waals surface area contributed by atoms with Crippen molar-refractivity contribution in [3.05, 3.63) is 29.6 Å². The molecule has 0 atom stereocenters. The fourth-order valence-electron chi connectivity index (χ4n) is 3.16. The Kier molecular flexibility index (Phi) is 3.93. The van der Waals surface area contributed by atoms with Gasteiger partial charge in [0.05, 0.1) is 5.69 Å². The fourth-order valence-corrected chi connectivity index (χ4v) is 3.16. The van der Waals surface area contributed by atoms with Gasteiger partial charge in [-0.1, -0.05) is 6.07 Å². The molecule has 1 aromatic rings. The molecule has 0 bridgehead atoms. The molecule has 1 aromatic heterocycles. The molecular formula is C17H26N4. The molecule has 1 N–H and O–H groups in total. The first-order chi connectivity index (χ1) is 10.4. The summed E-state index contributed by atoms with van der Waals surface area (Å²) in [5.41, 5.74) is 2.52. The summed E-state index contributed by atoms with van der Waals surface area (Å²) >= 11 is 0. The molecule has 4 heteroatoms. The van der Waals surface area contributed by atoms with E-state index in [1.165, 1.54) is 63.1 Å². The zero-order valence-electron chi connectivity index (χ0n) is 12.8. The molecular weight excluding hydrogens is 260 g/mol. The molecule has 4 rings (SSSR count). The topological polar surface area (TPSA) is 31.4 Å². The number of nitrogens with zero attached hydrogens (tertiary/aromatic N) is 3. The van der Waals surface area contributed by atoms with Crippen LogP contribution in [0.5, 0.6) is 0 Å². The van der Waals surface area contributed by atoms with E-state index >= 15 is 0 Å². The number of aromatic nitrogens is 1. The molecule has 0 unspecified atom stereocenters. The van der Waals surface area contributed by atoms with E-state index in [0.717, 1.165) is 25.2 Å². The van der Waals surface area contributed by atoms with E-state index in [4.69, 9.17) is 0 Å². The van der Waals surface area contributed by atoms with Crippen molar-refractivity contribution in [1.82, 2.24) is 20.1 Å². The average Bonchev–Trinajstić information content (AvgIpc) is 3.40. The Morgan fingerprint density at radius 3 is 2.48 bits per heavy atom. The van der Waals surface area contributed by atoms with Crippen molar-refractivity contribution in [2.75, 3.05) is 26.2 Å². The minimum absolute atomic E-state index is 0.771. The first-order valence-electron chi connectivity index (χ1n) is 8.50. The van der Waals surface area contributed by atoms with Crippen LogP contribution in [0.3, 0.4) is 0 Å². The van der Waals surface area contributed by atoms with Gasteiger partial charge < -0.3 is 5.32 Å². The van der Waals surface area contributed by atoms with Gasteiger partial charge in [-0.25, -0.2) is 0 Å². The van der Waals surface area contributed by atoms with Crippen LogP contribution in [0.15, 0.2) is 18.3 Å². The second-order valence-electron chi connectivity index (χ2n) is 6.86. The van der Waals surface area contributed by atoms with Crippen LogP contribution >= 0.6 is 0 Å². The fraction of sp³-hybridized carbons (Fsp3) is 0.706. The normalized spacial score (nSPS) is 24.4. The Labute approximate surface area is 127 Å². The summed E-state index contributed by atoms with van der Waals surface area (Å²) in [6.45, 7) is 6.86. The summed E-state index contributed by atoms with van der Waals surface area (Å²) in [6, 6.07) is 6.13. The van der Waals surface area contributed by atoms with Gasteiger partial charge in [-0.15, -0.1) is 0 Å². The molecule has 0 spiro atoms. The highest BCUT2D eigenvalue weighted by Crippen LogP contribution is 2.27. The molecule has 1 saturated heterocycles. The highest BCUT2D eigenvalue weighted by atomic mass is 15.3.